The molecule has 4 N–H and O–H groups in total. The summed E-state index contributed by atoms with van der Waals surface area (Å²) in [4.78, 5) is 7.08. The number of aliphatic hydroxyl groups is 1. The molecule has 0 aliphatic heterocycles. The molecule has 6 heteroatoms. The van der Waals surface area contributed by atoms with Crippen molar-refractivity contribution < 1.29 is 14.6 Å². The predicted molar refractivity (Wildman–Crippen MR) is 93.4 cm³/mol. The van der Waals surface area contributed by atoms with E-state index in [-0.39, 0.29) is 17.7 Å². The zero-order valence-electron chi connectivity index (χ0n) is 14.5. The number of aromatic hydroxyl groups is 1. The molecule has 2 atom stereocenters. The SMILES string of the molecule is C[C@H](Cc1cnc[nH]1)NC(O)(c1ccc(F)cc1O)C1CCCCC1. The van der Waals surface area contributed by atoms with Gasteiger partial charge in [-0.2, -0.15) is 0 Å². The fourth-order valence-corrected chi connectivity index (χ4v) is 3.92. The number of aromatic nitrogens is 2. The Morgan fingerprint density at radius 2 is 2.12 bits per heavy atom. The summed E-state index contributed by atoms with van der Waals surface area (Å²) in [5, 5.41) is 25.1. The number of H-pyrrole nitrogens is 1. The summed E-state index contributed by atoms with van der Waals surface area (Å²) in [5.41, 5.74) is -0.0796. The van der Waals surface area contributed by atoms with Crippen LogP contribution in [0.2, 0.25) is 0 Å². The molecule has 136 valence electrons. The van der Waals surface area contributed by atoms with Crippen molar-refractivity contribution in [2.24, 2.45) is 5.92 Å². The van der Waals surface area contributed by atoms with Crippen LogP contribution in [0.15, 0.2) is 30.7 Å². The second kappa shape index (κ2) is 7.54. The third-order valence-electron chi connectivity index (χ3n) is 5.11. The first-order valence-electron chi connectivity index (χ1n) is 8.95. The van der Waals surface area contributed by atoms with Gasteiger partial charge in [0.2, 0.25) is 0 Å². The molecule has 0 spiro atoms. The zero-order chi connectivity index (χ0) is 17.9. The number of halogens is 1. The van der Waals surface area contributed by atoms with E-state index in [0.717, 1.165) is 43.9 Å². The van der Waals surface area contributed by atoms with Gasteiger partial charge in [-0.05, 0) is 31.9 Å². The molecule has 25 heavy (non-hydrogen) atoms. The van der Waals surface area contributed by atoms with Gasteiger partial charge in [-0.1, -0.05) is 19.3 Å². The van der Waals surface area contributed by atoms with Crippen molar-refractivity contribution in [3.05, 3.63) is 47.8 Å². The molecule has 3 rings (SSSR count). The van der Waals surface area contributed by atoms with Gasteiger partial charge in [0, 0.05) is 41.9 Å². The highest BCUT2D eigenvalue weighted by atomic mass is 19.1. The molecule has 2 aromatic rings. The van der Waals surface area contributed by atoms with Crippen LogP contribution in [0.1, 0.15) is 50.3 Å². The van der Waals surface area contributed by atoms with Gasteiger partial charge in [0.05, 0.1) is 6.33 Å². The maximum absolute atomic E-state index is 13.4. The first-order chi connectivity index (χ1) is 12.0. The molecule has 1 aliphatic carbocycles. The van der Waals surface area contributed by atoms with Crippen LogP contribution >= 0.6 is 0 Å². The molecule has 1 saturated carbocycles. The average molecular weight is 347 g/mol. The summed E-state index contributed by atoms with van der Waals surface area (Å²) in [5.74, 6) is -0.756. The number of phenols is 1. The highest BCUT2D eigenvalue weighted by Gasteiger charge is 2.41. The Kier molecular flexibility index (Phi) is 5.39. The lowest BCUT2D eigenvalue weighted by atomic mass is 9.77. The van der Waals surface area contributed by atoms with E-state index in [1.165, 1.54) is 12.1 Å². The van der Waals surface area contributed by atoms with Crippen molar-refractivity contribution in [2.75, 3.05) is 0 Å². The fourth-order valence-electron chi connectivity index (χ4n) is 3.92. The molecule has 1 heterocycles. The minimum atomic E-state index is -1.39. The second-order valence-corrected chi connectivity index (χ2v) is 7.09. The maximum Gasteiger partial charge on any atom is 0.148 e. The smallest absolute Gasteiger partial charge is 0.148 e. The van der Waals surface area contributed by atoms with Crippen molar-refractivity contribution >= 4 is 0 Å². The lowest BCUT2D eigenvalue weighted by Gasteiger charge is -2.41. The number of aromatic amines is 1. The summed E-state index contributed by atoms with van der Waals surface area (Å²) in [6.07, 6.45) is 9.04. The lowest BCUT2D eigenvalue weighted by Crippen LogP contribution is -2.53. The van der Waals surface area contributed by atoms with Gasteiger partial charge >= 0.3 is 0 Å². The Morgan fingerprint density at radius 1 is 1.36 bits per heavy atom. The molecular weight excluding hydrogens is 321 g/mol. The summed E-state index contributed by atoms with van der Waals surface area (Å²) in [6.45, 7) is 1.98. The zero-order valence-corrected chi connectivity index (χ0v) is 14.5. The molecule has 1 fully saturated rings. The van der Waals surface area contributed by atoms with E-state index < -0.39 is 11.5 Å². The number of nitrogens with one attached hydrogen (secondary N) is 2. The molecular formula is C19H26FN3O2. The van der Waals surface area contributed by atoms with Crippen molar-refractivity contribution in [1.29, 1.82) is 0 Å². The topological polar surface area (TPSA) is 81.2 Å². The van der Waals surface area contributed by atoms with E-state index in [1.807, 2.05) is 6.92 Å². The highest BCUT2D eigenvalue weighted by Crippen LogP contribution is 2.41. The number of phenolic OH excluding ortho intramolecular Hbond substituents is 1. The van der Waals surface area contributed by atoms with E-state index in [4.69, 9.17) is 0 Å². The molecule has 1 aromatic heterocycles. The predicted octanol–water partition coefficient (Wildman–Crippen LogP) is 3.20. The van der Waals surface area contributed by atoms with Crippen LogP contribution < -0.4 is 5.32 Å². The van der Waals surface area contributed by atoms with Crippen LogP contribution in [0.25, 0.3) is 0 Å². The minimum Gasteiger partial charge on any atom is -0.507 e. The molecule has 0 saturated heterocycles. The van der Waals surface area contributed by atoms with E-state index in [0.29, 0.717) is 12.0 Å². The quantitative estimate of drug-likeness (QED) is 0.605. The highest BCUT2D eigenvalue weighted by molar-refractivity contribution is 5.37. The van der Waals surface area contributed by atoms with Crippen molar-refractivity contribution in [3.8, 4) is 5.75 Å². The molecule has 0 bridgehead atoms. The summed E-state index contributed by atoms with van der Waals surface area (Å²) >= 11 is 0. The van der Waals surface area contributed by atoms with Crippen LogP contribution in [0.4, 0.5) is 4.39 Å². The Hall–Kier alpha value is -1.92. The van der Waals surface area contributed by atoms with E-state index in [1.54, 1.807) is 12.5 Å². The summed E-state index contributed by atoms with van der Waals surface area (Å²) in [6, 6.07) is 3.76. The maximum atomic E-state index is 13.4. The van der Waals surface area contributed by atoms with Crippen LogP contribution in [-0.4, -0.2) is 26.2 Å². The Bertz CT molecular complexity index is 686. The van der Waals surface area contributed by atoms with Gasteiger partial charge < -0.3 is 15.2 Å². The van der Waals surface area contributed by atoms with Gasteiger partial charge in [-0.15, -0.1) is 0 Å². The number of nitrogens with zero attached hydrogens (tertiary/aromatic N) is 1. The largest absolute Gasteiger partial charge is 0.507 e. The minimum absolute atomic E-state index is 0.0261. The van der Waals surface area contributed by atoms with E-state index in [2.05, 4.69) is 15.3 Å². The normalized spacial score (nSPS) is 19.5. The number of hydrogen-bond acceptors (Lipinski definition) is 4. The van der Waals surface area contributed by atoms with Crippen LogP contribution in [0.3, 0.4) is 0 Å². The lowest BCUT2D eigenvalue weighted by molar-refractivity contribution is -0.0779. The fraction of sp³-hybridized carbons (Fsp3) is 0.526. The van der Waals surface area contributed by atoms with Gasteiger partial charge in [-0.3, -0.25) is 5.32 Å². The van der Waals surface area contributed by atoms with Crippen LogP contribution in [0.5, 0.6) is 5.75 Å². The molecule has 5 nitrogen and oxygen atoms in total. The molecule has 1 unspecified atom stereocenters. The third kappa shape index (κ3) is 4.02. The third-order valence-corrected chi connectivity index (χ3v) is 5.11. The first kappa shape index (κ1) is 17.9. The van der Waals surface area contributed by atoms with Crippen LogP contribution in [0, 0.1) is 11.7 Å². The standard InChI is InChI=1S/C19H26FN3O2/c1-13(9-16-11-21-12-22-16)23-19(25,14-5-3-2-4-6-14)17-8-7-15(20)10-18(17)24/h7-8,10-14,23-25H,2-6,9H2,1H3,(H,21,22)/t13-,19?/m1/s1. The first-order valence-corrected chi connectivity index (χ1v) is 8.95. The van der Waals surface area contributed by atoms with Gasteiger partial charge in [-0.25, -0.2) is 9.37 Å². The van der Waals surface area contributed by atoms with Gasteiger partial charge in [0.1, 0.15) is 17.3 Å². The van der Waals surface area contributed by atoms with Gasteiger partial charge in [0.15, 0.2) is 0 Å². The van der Waals surface area contributed by atoms with Crippen molar-refractivity contribution in [2.45, 2.75) is 57.2 Å². The van der Waals surface area contributed by atoms with Gasteiger partial charge in [0.25, 0.3) is 0 Å². The van der Waals surface area contributed by atoms with Crippen molar-refractivity contribution in [3.63, 3.8) is 0 Å². The average Bonchev–Trinajstić information content (AvgIpc) is 3.08. The van der Waals surface area contributed by atoms with E-state index >= 15 is 0 Å². The summed E-state index contributed by atoms with van der Waals surface area (Å²) in [7, 11) is 0. The molecule has 0 radical (unpaired) electrons. The van der Waals surface area contributed by atoms with Crippen LogP contribution in [-0.2, 0) is 12.1 Å². The Balaban J connectivity index is 1.87. The molecule has 1 aromatic carbocycles. The Labute approximate surface area is 147 Å². The molecule has 0 amide bonds. The monoisotopic (exact) mass is 347 g/mol. The van der Waals surface area contributed by atoms with E-state index in [9.17, 15) is 14.6 Å². The molecule has 1 aliphatic rings. The second-order valence-electron chi connectivity index (χ2n) is 7.09. The number of imidazole rings is 1. The summed E-state index contributed by atoms with van der Waals surface area (Å²) < 4.78 is 13.4. The van der Waals surface area contributed by atoms with Crippen molar-refractivity contribution in [1.82, 2.24) is 15.3 Å². The number of rotatable bonds is 6. The number of benzene rings is 1. The Morgan fingerprint density at radius 3 is 2.76 bits per heavy atom. The number of hydrogen-bond donors (Lipinski definition) is 4.